The molecule has 3 nitrogen and oxygen atoms in total. The van der Waals surface area contributed by atoms with Gasteiger partial charge in [-0.15, -0.1) is 11.3 Å². The predicted molar refractivity (Wildman–Crippen MR) is 68.9 cm³/mol. The highest BCUT2D eigenvalue weighted by molar-refractivity contribution is 7.13. The second kappa shape index (κ2) is 5.41. The second-order valence-corrected chi connectivity index (χ2v) is 5.17. The highest BCUT2D eigenvalue weighted by Crippen LogP contribution is 2.36. The number of benzene rings is 1. The Labute approximate surface area is 120 Å². The fraction of sp³-hybridized carbons (Fsp3) is 0.167. The third-order valence-corrected chi connectivity index (χ3v) is 3.66. The first-order chi connectivity index (χ1) is 9.27. The topological polar surface area (TPSA) is 50.2 Å². The number of halogens is 4. The largest absolute Gasteiger partial charge is 0.481 e. The molecule has 2 rings (SSSR count). The summed E-state index contributed by atoms with van der Waals surface area (Å²) in [5.41, 5.74) is -0.402. The zero-order valence-electron chi connectivity index (χ0n) is 9.74. The molecule has 0 fully saturated rings. The maximum atomic E-state index is 12.7. The predicted octanol–water partition coefficient (Wildman–Crippen LogP) is 4.11. The lowest BCUT2D eigenvalue weighted by Gasteiger charge is -2.08. The molecular formula is C12H7ClF3NO2S. The Morgan fingerprint density at radius 3 is 2.70 bits per heavy atom. The van der Waals surface area contributed by atoms with Crippen LogP contribution in [0, 0.1) is 0 Å². The number of hydrogen-bond donors (Lipinski definition) is 1. The Bertz CT molecular complexity index is 654. The summed E-state index contributed by atoms with van der Waals surface area (Å²) in [6.45, 7) is 0. The molecule has 1 heterocycles. The van der Waals surface area contributed by atoms with E-state index in [0.717, 1.165) is 29.5 Å². The Balaban J connectivity index is 2.41. The van der Waals surface area contributed by atoms with Crippen LogP contribution in [0.4, 0.5) is 13.2 Å². The van der Waals surface area contributed by atoms with E-state index in [0.29, 0.717) is 0 Å². The first kappa shape index (κ1) is 14.8. The number of rotatable bonds is 3. The van der Waals surface area contributed by atoms with Crippen molar-refractivity contribution in [3.63, 3.8) is 0 Å². The molecule has 0 amide bonds. The molecule has 0 aliphatic carbocycles. The van der Waals surface area contributed by atoms with Crippen LogP contribution in [0.15, 0.2) is 23.6 Å². The molecule has 20 heavy (non-hydrogen) atoms. The summed E-state index contributed by atoms with van der Waals surface area (Å²) in [6, 6.07) is 2.95. The molecule has 106 valence electrons. The van der Waals surface area contributed by atoms with E-state index < -0.39 is 17.7 Å². The monoisotopic (exact) mass is 321 g/mol. The highest BCUT2D eigenvalue weighted by atomic mass is 35.5. The van der Waals surface area contributed by atoms with Crippen molar-refractivity contribution in [2.45, 2.75) is 12.6 Å². The van der Waals surface area contributed by atoms with Crippen LogP contribution >= 0.6 is 22.9 Å². The maximum absolute atomic E-state index is 12.7. The summed E-state index contributed by atoms with van der Waals surface area (Å²) >= 11 is 6.93. The maximum Gasteiger partial charge on any atom is 0.416 e. The van der Waals surface area contributed by atoms with Gasteiger partial charge < -0.3 is 5.11 Å². The van der Waals surface area contributed by atoms with Crippen molar-refractivity contribution < 1.29 is 23.1 Å². The molecule has 0 bridgehead atoms. The molecule has 1 N–H and O–H groups in total. The lowest BCUT2D eigenvalue weighted by Crippen LogP contribution is -2.04. The minimum Gasteiger partial charge on any atom is -0.481 e. The highest BCUT2D eigenvalue weighted by Gasteiger charge is 2.31. The van der Waals surface area contributed by atoms with Gasteiger partial charge in [-0.3, -0.25) is 4.79 Å². The van der Waals surface area contributed by atoms with Gasteiger partial charge in [0.1, 0.15) is 5.01 Å². The van der Waals surface area contributed by atoms with Crippen molar-refractivity contribution in [3.05, 3.63) is 39.9 Å². The summed E-state index contributed by atoms with van der Waals surface area (Å²) in [5, 5.41) is 10.5. The number of aromatic nitrogens is 1. The minimum absolute atomic E-state index is 0.134. The molecule has 0 aliphatic rings. The van der Waals surface area contributed by atoms with Crippen LogP contribution in [-0.2, 0) is 17.4 Å². The summed E-state index contributed by atoms with van der Waals surface area (Å²) in [6.07, 6.45) is -4.76. The summed E-state index contributed by atoms with van der Waals surface area (Å²) in [5.74, 6) is -1.06. The summed E-state index contributed by atoms with van der Waals surface area (Å²) in [7, 11) is 0. The molecule has 1 aromatic heterocycles. The Hall–Kier alpha value is -1.60. The van der Waals surface area contributed by atoms with Crippen molar-refractivity contribution in [1.29, 1.82) is 0 Å². The minimum atomic E-state index is -4.47. The van der Waals surface area contributed by atoms with Crippen LogP contribution in [0.1, 0.15) is 11.3 Å². The van der Waals surface area contributed by atoms with Crippen LogP contribution in [0.3, 0.4) is 0 Å². The third-order valence-electron chi connectivity index (χ3n) is 2.41. The normalized spacial score (nSPS) is 11.6. The van der Waals surface area contributed by atoms with Gasteiger partial charge in [0.25, 0.3) is 0 Å². The van der Waals surface area contributed by atoms with Gasteiger partial charge in [-0.1, -0.05) is 11.6 Å². The number of alkyl halides is 3. The first-order valence-corrected chi connectivity index (χ1v) is 6.56. The van der Waals surface area contributed by atoms with Crippen molar-refractivity contribution in [2.24, 2.45) is 0 Å². The SMILES string of the molecule is O=C(O)Cc1csc(-c2cc(C(F)(F)F)ccc2Cl)n1. The van der Waals surface area contributed by atoms with E-state index >= 15 is 0 Å². The quantitative estimate of drug-likeness (QED) is 0.925. The van der Waals surface area contributed by atoms with E-state index in [1.807, 2.05) is 0 Å². The zero-order chi connectivity index (χ0) is 14.9. The van der Waals surface area contributed by atoms with Crippen LogP contribution in [0.2, 0.25) is 5.02 Å². The Morgan fingerprint density at radius 1 is 1.40 bits per heavy atom. The lowest BCUT2D eigenvalue weighted by atomic mass is 10.1. The zero-order valence-corrected chi connectivity index (χ0v) is 11.3. The van der Waals surface area contributed by atoms with Gasteiger partial charge in [0.05, 0.1) is 22.7 Å². The molecule has 0 radical (unpaired) electrons. The van der Waals surface area contributed by atoms with E-state index in [4.69, 9.17) is 16.7 Å². The molecule has 1 aromatic carbocycles. The van der Waals surface area contributed by atoms with E-state index in [1.165, 1.54) is 5.38 Å². The third kappa shape index (κ3) is 3.29. The first-order valence-electron chi connectivity index (χ1n) is 5.30. The Morgan fingerprint density at radius 2 is 2.10 bits per heavy atom. The molecule has 0 spiro atoms. The van der Waals surface area contributed by atoms with E-state index in [2.05, 4.69) is 4.98 Å². The summed E-state index contributed by atoms with van der Waals surface area (Å²) in [4.78, 5) is 14.5. The average molecular weight is 322 g/mol. The van der Waals surface area contributed by atoms with Crippen LogP contribution in [0.25, 0.3) is 10.6 Å². The standard InChI is InChI=1S/C12H7ClF3NO2S/c13-9-2-1-6(12(14,15)16)3-8(9)11-17-7(5-20-11)4-10(18)19/h1-3,5H,4H2,(H,18,19). The van der Waals surface area contributed by atoms with Crippen molar-refractivity contribution in [2.75, 3.05) is 0 Å². The number of aliphatic carboxylic acids is 1. The van der Waals surface area contributed by atoms with Gasteiger partial charge >= 0.3 is 12.1 Å². The van der Waals surface area contributed by atoms with Crippen LogP contribution in [0.5, 0.6) is 0 Å². The van der Waals surface area contributed by atoms with E-state index in [-0.39, 0.29) is 27.7 Å². The van der Waals surface area contributed by atoms with Crippen LogP contribution < -0.4 is 0 Å². The molecule has 0 aliphatic heterocycles. The molecule has 0 saturated heterocycles. The number of nitrogens with zero attached hydrogens (tertiary/aromatic N) is 1. The fourth-order valence-corrected chi connectivity index (χ4v) is 2.64. The Kier molecular flexibility index (Phi) is 4.01. The van der Waals surface area contributed by atoms with Gasteiger partial charge in [-0.05, 0) is 18.2 Å². The van der Waals surface area contributed by atoms with Gasteiger partial charge in [-0.2, -0.15) is 13.2 Å². The average Bonchev–Trinajstić information content (AvgIpc) is 2.75. The molecule has 0 atom stereocenters. The van der Waals surface area contributed by atoms with Gasteiger partial charge in [0, 0.05) is 10.9 Å². The number of hydrogen-bond acceptors (Lipinski definition) is 3. The molecule has 0 unspecified atom stereocenters. The van der Waals surface area contributed by atoms with Gasteiger partial charge in [0.15, 0.2) is 0 Å². The number of thiazole rings is 1. The molecule has 2 aromatic rings. The van der Waals surface area contributed by atoms with Crippen molar-refractivity contribution in [3.8, 4) is 10.6 Å². The van der Waals surface area contributed by atoms with Gasteiger partial charge in [0.2, 0.25) is 0 Å². The fourth-order valence-electron chi connectivity index (χ4n) is 1.53. The summed E-state index contributed by atoms with van der Waals surface area (Å²) < 4.78 is 38.0. The van der Waals surface area contributed by atoms with Gasteiger partial charge in [-0.25, -0.2) is 4.98 Å². The smallest absolute Gasteiger partial charge is 0.416 e. The second-order valence-electron chi connectivity index (χ2n) is 3.91. The molecule has 0 saturated carbocycles. The molecular weight excluding hydrogens is 315 g/mol. The van der Waals surface area contributed by atoms with E-state index in [9.17, 15) is 18.0 Å². The number of carbonyl (C=O) groups is 1. The number of carboxylic acid groups (broad SMARTS) is 1. The number of carboxylic acids is 1. The van der Waals surface area contributed by atoms with E-state index in [1.54, 1.807) is 0 Å². The van der Waals surface area contributed by atoms with Crippen molar-refractivity contribution in [1.82, 2.24) is 4.98 Å². The molecule has 8 heteroatoms. The van der Waals surface area contributed by atoms with Crippen LogP contribution in [-0.4, -0.2) is 16.1 Å². The lowest BCUT2D eigenvalue weighted by molar-refractivity contribution is -0.138. The van der Waals surface area contributed by atoms with Crippen molar-refractivity contribution >= 4 is 28.9 Å².